The van der Waals surface area contributed by atoms with Gasteiger partial charge in [0.25, 0.3) is 0 Å². The highest BCUT2D eigenvalue weighted by molar-refractivity contribution is 5.91. The molecule has 0 unspecified atom stereocenters. The van der Waals surface area contributed by atoms with E-state index in [0.29, 0.717) is 0 Å². The molecular formula is C14H28N2O. The average molecular weight is 240 g/mol. The molecule has 0 aliphatic carbocycles. The zero-order valence-electron chi connectivity index (χ0n) is 11.9. The van der Waals surface area contributed by atoms with Gasteiger partial charge in [-0.15, -0.1) is 0 Å². The fraction of sp³-hybridized carbons (Fsp3) is 0.786. The molecule has 0 radical (unpaired) electrons. The van der Waals surface area contributed by atoms with Gasteiger partial charge in [0.1, 0.15) is 0 Å². The first-order valence-corrected chi connectivity index (χ1v) is 6.82. The summed E-state index contributed by atoms with van der Waals surface area (Å²) < 4.78 is 0. The lowest BCUT2D eigenvalue weighted by Crippen LogP contribution is -2.28. The molecule has 3 heteroatoms. The summed E-state index contributed by atoms with van der Waals surface area (Å²) in [6.45, 7) is 10.4. The molecular weight excluding hydrogens is 212 g/mol. The third-order valence-electron chi connectivity index (χ3n) is 3.08. The molecule has 0 fully saturated rings. The highest BCUT2D eigenvalue weighted by atomic mass is 16.1. The van der Waals surface area contributed by atoms with E-state index < -0.39 is 0 Å². The van der Waals surface area contributed by atoms with Crippen molar-refractivity contribution in [3.63, 3.8) is 0 Å². The molecule has 0 heterocycles. The molecule has 0 atom stereocenters. The van der Waals surface area contributed by atoms with Gasteiger partial charge in [-0.2, -0.15) is 0 Å². The van der Waals surface area contributed by atoms with Crippen molar-refractivity contribution in [2.24, 2.45) is 5.73 Å². The summed E-state index contributed by atoms with van der Waals surface area (Å²) in [6.07, 6.45) is 5.56. The van der Waals surface area contributed by atoms with Crippen LogP contribution in [0, 0.1) is 0 Å². The van der Waals surface area contributed by atoms with Gasteiger partial charge >= 0.3 is 0 Å². The summed E-state index contributed by atoms with van der Waals surface area (Å²) in [6, 6.07) is 0. The first-order chi connectivity index (χ1) is 8.08. The zero-order chi connectivity index (χ0) is 13.3. The van der Waals surface area contributed by atoms with E-state index in [2.05, 4.69) is 25.7 Å². The summed E-state index contributed by atoms with van der Waals surface area (Å²) in [5.74, 6) is -0.292. The molecule has 0 aromatic carbocycles. The summed E-state index contributed by atoms with van der Waals surface area (Å²) in [5.41, 5.74) is 7.23. The van der Waals surface area contributed by atoms with E-state index >= 15 is 0 Å². The summed E-state index contributed by atoms with van der Waals surface area (Å²) in [4.78, 5) is 13.6. The monoisotopic (exact) mass is 240 g/mol. The van der Waals surface area contributed by atoms with E-state index in [1.54, 1.807) is 0 Å². The van der Waals surface area contributed by atoms with Crippen LogP contribution in [0.15, 0.2) is 11.3 Å². The summed E-state index contributed by atoms with van der Waals surface area (Å²) in [7, 11) is 0. The number of allylic oxidation sites excluding steroid dienone is 1. The Morgan fingerprint density at radius 1 is 1.06 bits per heavy atom. The minimum absolute atomic E-state index is 0.292. The predicted octanol–water partition coefficient (Wildman–Crippen LogP) is 3.06. The Kier molecular flexibility index (Phi) is 8.55. The molecule has 100 valence electrons. The van der Waals surface area contributed by atoms with Gasteiger partial charge in [-0.25, -0.2) is 0 Å². The van der Waals surface area contributed by atoms with Crippen LogP contribution >= 0.6 is 0 Å². The second kappa shape index (κ2) is 9.08. The number of hydrogen-bond donors (Lipinski definition) is 1. The molecule has 0 aromatic rings. The zero-order valence-corrected chi connectivity index (χ0v) is 11.9. The van der Waals surface area contributed by atoms with Gasteiger partial charge in [-0.05, 0) is 26.2 Å². The molecule has 2 N–H and O–H groups in total. The van der Waals surface area contributed by atoms with Crippen LogP contribution in [0.5, 0.6) is 0 Å². The standard InChI is InChI=1S/C14H28N2O/c1-5-8-10-16(11-9-6-2)13(7-3)12(4)14(15)17/h5-11H2,1-4H3,(H2,15,17)/b13-12+. The van der Waals surface area contributed by atoms with Crippen molar-refractivity contribution in [3.05, 3.63) is 11.3 Å². The van der Waals surface area contributed by atoms with Crippen molar-refractivity contribution < 1.29 is 4.79 Å². The van der Waals surface area contributed by atoms with Gasteiger partial charge < -0.3 is 10.6 Å². The lowest BCUT2D eigenvalue weighted by atomic mass is 10.1. The van der Waals surface area contributed by atoms with Crippen LogP contribution < -0.4 is 5.73 Å². The number of carbonyl (C=O) groups excluding carboxylic acids is 1. The number of nitrogens with zero attached hydrogens (tertiary/aromatic N) is 1. The van der Waals surface area contributed by atoms with Crippen LogP contribution in [0.1, 0.15) is 59.8 Å². The summed E-state index contributed by atoms with van der Waals surface area (Å²) >= 11 is 0. The van der Waals surface area contributed by atoms with Gasteiger partial charge in [0.2, 0.25) is 5.91 Å². The first kappa shape index (κ1) is 16.0. The van der Waals surface area contributed by atoms with E-state index in [1.165, 1.54) is 25.7 Å². The van der Waals surface area contributed by atoms with Crippen LogP contribution in [0.3, 0.4) is 0 Å². The lowest BCUT2D eigenvalue weighted by Gasteiger charge is -2.28. The Morgan fingerprint density at radius 2 is 1.53 bits per heavy atom. The van der Waals surface area contributed by atoms with Crippen molar-refractivity contribution in [1.82, 2.24) is 4.90 Å². The maximum atomic E-state index is 11.3. The number of primary amides is 1. The molecule has 0 spiro atoms. The van der Waals surface area contributed by atoms with Crippen LogP contribution in [0.4, 0.5) is 0 Å². The minimum atomic E-state index is -0.292. The minimum Gasteiger partial charge on any atom is -0.374 e. The van der Waals surface area contributed by atoms with Crippen molar-refractivity contribution >= 4 is 5.91 Å². The molecule has 0 bridgehead atoms. The van der Waals surface area contributed by atoms with Crippen LogP contribution in [0.2, 0.25) is 0 Å². The van der Waals surface area contributed by atoms with Crippen LogP contribution in [-0.2, 0) is 4.79 Å². The molecule has 0 saturated heterocycles. The van der Waals surface area contributed by atoms with Crippen molar-refractivity contribution in [2.45, 2.75) is 59.8 Å². The van der Waals surface area contributed by atoms with Crippen LogP contribution in [-0.4, -0.2) is 23.9 Å². The fourth-order valence-corrected chi connectivity index (χ4v) is 1.95. The molecule has 0 aliphatic heterocycles. The molecule has 3 nitrogen and oxygen atoms in total. The molecule has 0 aliphatic rings. The highest BCUT2D eigenvalue weighted by Gasteiger charge is 2.13. The Balaban J connectivity index is 4.82. The van der Waals surface area contributed by atoms with E-state index in [1.807, 2.05) is 6.92 Å². The molecule has 0 rings (SSSR count). The molecule has 1 amide bonds. The van der Waals surface area contributed by atoms with Gasteiger partial charge in [-0.1, -0.05) is 33.6 Å². The SMILES string of the molecule is CCCCN(CCCC)/C(CC)=C(\C)C(N)=O. The largest absolute Gasteiger partial charge is 0.374 e. The molecule has 0 aromatic heterocycles. The smallest absolute Gasteiger partial charge is 0.246 e. The van der Waals surface area contributed by atoms with Crippen molar-refractivity contribution in [2.75, 3.05) is 13.1 Å². The van der Waals surface area contributed by atoms with E-state index in [4.69, 9.17) is 5.73 Å². The normalized spacial score (nSPS) is 12.2. The molecule has 0 saturated carbocycles. The third-order valence-corrected chi connectivity index (χ3v) is 3.08. The fourth-order valence-electron chi connectivity index (χ4n) is 1.95. The second-order valence-electron chi connectivity index (χ2n) is 4.48. The van der Waals surface area contributed by atoms with Gasteiger partial charge in [0.05, 0.1) is 0 Å². The Morgan fingerprint density at radius 3 is 1.82 bits per heavy atom. The van der Waals surface area contributed by atoms with Gasteiger partial charge in [-0.3, -0.25) is 4.79 Å². The van der Waals surface area contributed by atoms with E-state index in [0.717, 1.165) is 30.8 Å². The lowest BCUT2D eigenvalue weighted by molar-refractivity contribution is -0.114. The second-order valence-corrected chi connectivity index (χ2v) is 4.48. The van der Waals surface area contributed by atoms with Crippen molar-refractivity contribution in [3.8, 4) is 0 Å². The third kappa shape index (κ3) is 5.76. The Bertz CT molecular complexity index is 251. The quantitative estimate of drug-likeness (QED) is 0.630. The number of nitrogens with two attached hydrogens (primary N) is 1. The van der Waals surface area contributed by atoms with Gasteiger partial charge in [0, 0.05) is 24.4 Å². The first-order valence-electron chi connectivity index (χ1n) is 6.82. The topological polar surface area (TPSA) is 46.3 Å². The Labute approximate surface area is 106 Å². The number of unbranched alkanes of at least 4 members (excludes halogenated alkanes) is 2. The maximum Gasteiger partial charge on any atom is 0.246 e. The number of amides is 1. The predicted molar refractivity (Wildman–Crippen MR) is 73.6 cm³/mol. The van der Waals surface area contributed by atoms with Crippen LogP contribution in [0.25, 0.3) is 0 Å². The van der Waals surface area contributed by atoms with E-state index in [-0.39, 0.29) is 5.91 Å². The number of hydrogen-bond acceptors (Lipinski definition) is 2. The van der Waals surface area contributed by atoms with Gasteiger partial charge in [0.15, 0.2) is 0 Å². The average Bonchev–Trinajstić information content (AvgIpc) is 2.32. The Hall–Kier alpha value is -0.990. The molecule has 17 heavy (non-hydrogen) atoms. The number of rotatable bonds is 9. The maximum absolute atomic E-state index is 11.3. The highest BCUT2D eigenvalue weighted by Crippen LogP contribution is 2.16. The van der Waals surface area contributed by atoms with Crippen molar-refractivity contribution in [1.29, 1.82) is 0 Å². The summed E-state index contributed by atoms with van der Waals surface area (Å²) in [5, 5.41) is 0. The number of carbonyl (C=O) groups is 1. The van der Waals surface area contributed by atoms with E-state index in [9.17, 15) is 4.79 Å².